The molecule has 1 N–H and O–H groups in total. The quantitative estimate of drug-likeness (QED) is 0.838. The monoisotopic (exact) mass is 340 g/mol. The zero-order valence-electron chi connectivity index (χ0n) is 11.4. The minimum atomic E-state index is -4.02. The molecule has 0 saturated carbocycles. The number of aromatic carboxylic acids is 1. The predicted molar refractivity (Wildman–Crippen MR) is 79.8 cm³/mol. The molecule has 0 unspecified atom stereocenters. The van der Waals surface area contributed by atoms with Crippen LogP contribution < -0.4 is 9.83 Å². The van der Waals surface area contributed by atoms with Gasteiger partial charge in [-0.05, 0) is 48.7 Å². The minimum Gasteiger partial charge on any atom is -0.545 e. The molecule has 0 fully saturated rings. The molecule has 2 rings (SSSR count). The number of halogens is 1. The lowest BCUT2D eigenvalue weighted by molar-refractivity contribution is -0.255. The van der Waals surface area contributed by atoms with Gasteiger partial charge in [0, 0.05) is 16.1 Å². The molecule has 0 bridgehead atoms. The summed E-state index contributed by atoms with van der Waals surface area (Å²) in [5, 5.41) is 10.8. The number of sulfonamides is 1. The van der Waals surface area contributed by atoms with E-state index in [9.17, 15) is 22.7 Å². The lowest BCUT2D eigenvalue weighted by atomic mass is 10.2. The van der Waals surface area contributed by atoms with Crippen LogP contribution in [-0.4, -0.2) is 20.6 Å². The Balaban J connectivity index is 2.33. The van der Waals surface area contributed by atoms with Crippen LogP contribution >= 0.6 is 11.8 Å². The molecule has 116 valence electrons. The van der Waals surface area contributed by atoms with E-state index in [1.165, 1.54) is 11.8 Å². The normalized spacial score (nSPS) is 11.2. The molecule has 0 aliphatic rings. The number of hydrogen-bond acceptors (Lipinski definition) is 5. The standard InChI is InChI=1S/C14H12FNO4S2/c1-21-10-4-2-9(3-5-10)16-22(19,20)11-6-7-13(15)12(8-11)14(17)18/h2-8,16H,1H3,(H,17,18)/p-1. The second kappa shape index (κ2) is 6.37. The molecule has 22 heavy (non-hydrogen) atoms. The molecular formula is C14H11FNO4S2-. The van der Waals surface area contributed by atoms with Crippen LogP contribution in [0.25, 0.3) is 0 Å². The fourth-order valence-corrected chi connectivity index (χ4v) is 3.19. The van der Waals surface area contributed by atoms with E-state index >= 15 is 0 Å². The first-order valence-corrected chi connectivity index (χ1v) is 8.72. The molecule has 0 radical (unpaired) electrons. The molecule has 0 aliphatic heterocycles. The lowest BCUT2D eigenvalue weighted by Crippen LogP contribution is -2.24. The number of carboxylic acid groups (broad SMARTS) is 1. The van der Waals surface area contributed by atoms with Crippen molar-refractivity contribution in [1.29, 1.82) is 0 Å². The van der Waals surface area contributed by atoms with Crippen molar-refractivity contribution in [3.63, 3.8) is 0 Å². The number of nitrogens with one attached hydrogen (secondary N) is 1. The van der Waals surface area contributed by atoms with E-state index in [4.69, 9.17) is 0 Å². The van der Waals surface area contributed by atoms with Crippen LogP contribution in [-0.2, 0) is 10.0 Å². The highest BCUT2D eigenvalue weighted by atomic mass is 32.2. The molecule has 0 amide bonds. The average molecular weight is 340 g/mol. The summed E-state index contributed by atoms with van der Waals surface area (Å²) in [5.41, 5.74) is -0.488. The second-order valence-electron chi connectivity index (χ2n) is 4.26. The Kier molecular flexibility index (Phi) is 4.72. The molecule has 5 nitrogen and oxygen atoms in total. The van der Waals surface area contributed by atoms with Crippen LogP contribution in [0.2, 0.25) is 0 Å². The molecule has 0 spiro atoms. The Morgan fingerprint density at radius 2 is 1.82 bits per heavy atom. The Hall–Kier alpha value is -2.06. The Morgan fingerprint density at radius 3 is 2.36 bits per heavy atom. The van der Waals surface area contributed by atoms with E-state index < -0.39 is 27.4 Å². The number of anilines is 1. The van der Waals surface area contributed by atoms with Gasteiger partial charge in [-0.25, -0.2) is 12.8 Å². The van der Waals surface area contributed by atoms with E-state index in [0.717, 1.165) is 23.1 Å². The van der Waals surface area contributed by atoms with E-state index in [1.807, 2.05) is 6.26 Å². The zero-order chi connectivity index (χ0) is 16.3. The number of carbonyl (C=O) groups is 1. The van der Waals surface area contributed by atoms with E-state index in [2.05, 4.69) is 4.72 Å². The fraction of sp³-hybridized carbons (Fsp3) is 0.0714. The van der Waals surface area contributed by atoms with Crippen LogP contribution in [0.5, 0.6) is 0 Å². The third-order valence-corrected chi connectivity index (χ3v) is 4.93. The van der Waals surface area contributed by atoms with Gasteiger partial charge in [-0.3, -0.25) is 4.72 Å². The topological polar surface area (TPSA) is 86.3 Å². The Bertz CT molecular complexity index is 804. The number of carboxylic acids is 1. The SMILES string of the molecule is CSc1ccc(NS(=O)(=O)c2ccc(F)c(C(=O)[O-])c2)cc1. The molecule has 2 aromatic rings. The van der Waals surface area contributed by atoms with Gasteiger partial charge in [-0.1, -0.05) is 0 Å². The summed E-state index contributed by atoms with van der Waals surface area (Å²) in [6, 6.07) is 9.11. The van der Waals surface area contributed by atoms with E-state index in [1.54, 1.807) is 24.3 Å². The molecule has 0 aliphatic carbocycles. The van der Waals surface area contributed by atoms with Crippen molar-refractivity contribution in [3.05, 3.63) is 53.8 Å². The zero-order valence-corrected chi connectivity index (χ0v) is 13.0. The smallest absolute Gasteiger partial charge is 0.261 e. The van der Waals surface area contributed by atoms with Crippen molar-refractivity contribution in [2.75, 3.05) is 11.0 Å². The number of thioether (sulfide) groups is 1. The number of benzene rings is 2. The van der Waals surface area contributed by atoms with Gasteiger partial charge in [-0.15, -0.1) is 11.8 Å². The number of hydrogen-bond donors (Lipinski definition) is 1. The van der Waals surface area contributed by atoms with Gasteiger partial charge >= 0.3 is 0 Å². The average Bonchev–Trinajstić information content (AvgIpc) is 2.47. The third-order valence-electron chi connectivity index (χ3n) is 2.81. The van der Waals surface area contributed by atoms with E-state index in [-0.39, 0.29) is 4.90 Å². The van der Waals surface area contributed by atoms with Gasteiger partial charge < -0.3 is 9.90 Å². The predicted octanol–water partition coefficient (Wildman–Crippen LogP) is 1.71. The Labute approximate surface area is 131 Å². The van der Waals surface area contributed by atoms with Gasteiger partial charge in [0.15, 0.2) is 0 Å². The third kappa shape index (κ3) is 3.58. The maximum atomic E-state index is 13.3. The summed E-state index contributed by atoms with van der Waals surface area (Å²) in [6.45, 7) is 0. The molecule has 0 saturated heterocycles. The highest BCUT2D eigenvalue weighted by molar-refractivity contribution is 7.98. The van der Waals surface area contributed by atoms with Gasteiger partial charge in [0.05, 0.1) is 10.9 Å². The van der Waals surface area contributed by atoms with Gasteiger partial charge in [0.25, 0.3) is 10.0 Å². The Morgan fingerprint density at radius 1 is 1.18 bits per heavy atom. The van der Waals surface area contributed by atoms with Crippen molar-refractivity contribution in [2.24, 2.45) is 0 Å². The maximum absolute atomic E-state index is 13.3. The van der Waals surface area contributed by atoms with Crippen molar-refractivity contribution in [3.8, 4) is 0 Å². The minimum absolute atomic E-state index is 0.317. The van der Waals surface area contributed by atoms with Gasteiger partial charge in [0.1, 0.15) is 5.82 Å². The van der Waals surface area contributed by atoms with Crippen molar-refractivity contribution >= 4 is 33.4 Å². The molecular weight excluding hydrogens is 329 g/mol. The first-order valence-electron chi connectivity index (χ1n) is 6.01. The van der Waals surface area contributed by atoms with Crippen molar-refractivity contribution in [2.45, 2.75) is 9.79 Å². The second-order valence-corrected chi connectivity index (χ2v) is 6.83. The van der Waals surface area contributed by atoms with Crippen LogP contribution in [0.4, 0.5) is 10.1 Å². The van der Waals surface area contributed by atoms with Crippen molar-refractivity contribution < 1.29 is 22.7 Å². The van der Waals surface area contributed by atoms with Crippen LogP contribution in [0.15, 0.2) is 52.3 Å². The highest BCUT2D eigenvalue weighted by Crippen LogP contribution is 2.21. The van der Waals surface area contributed by atoms with Gasteiger partial charge in [0.2, 0.25) is 0 Å². The van der Waals surface area contributed by atoms with Crippen LogP contribution in [0.1, 0.15) is 10.4 Å². The largest absolute Gasteiger partial charge is 0.545 e. The highest BCUT2D eigenvalue weighted by Gasteiger charge is 2.17. The van der Waals surface area contributed by atoms with Crippen LogP contribution in [0.3, 0.4) is 0 Å². The molecule has 2 aromatic carbocycles. The van der Waals surface area contributed by atoms with E-state index in [0.29, 0.717) is 5.69 Å². The summed E-state index contributed by atoms with van der Waals surface area (Å²) < 4.78 is 40.0. The summed E-state index contributed by atoms with van der Waals surface area (Å²) in [4.78, 5) is 11.4. The van der Waals surface area contributed by atoms with Crippen molar-refractivity contribution in [1.82, 2.24) is 0 Å². The van der Waals surface area contributed by atoms with Crippen LogP contribution in [0, 0.1) is 5.82 Å². The molecule has 8 heteroatoms. The molecule has 0 atom stereocenters. The first-order chi connectivity index (χ1) is 10.3. The number of rotatable bonds is 5. The summed E-state index contributed by atoms with van der Waals surface area (Å²) in [7, 11) is -4.02. The number of carbonyl (C=O) groups excluding carboxylic acids is 1. The lowest BCUT2D eigenvalue weighted by Gasteiger charge is -2.11. The summed E-state index contributed by atoms with van der Waals surface area (Å²) in [6.07, 6.45) is 1.89. The molecule has 0 aromatic heterocycles. The summed E-state index contributed by atoms with van der Waals surface area (Å²) >= 11 is 1.51. The summed E-state index contributed by atoms with van der Waals surface area (Å²) in [5.74, 6) is -2.83. The van der Waals surface area contributed by atoms with Gasteiger partial charge in [-0.2, -0.15) is 0 Å². The fourth-order valence-electron chi connectivity index (χ4n) is 1.70. The first kappa shape index (κ1) is 16.3. The maximum Gasteiger partial charge on any atom is 0.261 e. The molecule has 0 heterocycles.